The summed E-state index contributed by atoms with van der Waals surface area (Å²) in [6.45, 7) is 6.42. The zero-order chi connectivity index (χ0) is 17.0. The standard InChI is InChI=1S/C18H20BrFN2O/c1-12-10-15(8-9-16(12)19)22-17(23)21-11-18(2,3)13-4-6-14(20)7-5-13/h4-10H,11H2,1-3H3,(H2,21,22,23). The van der Waals surface area contributed by atoms with Gasteiger partial charge in [-0.3, -0.25) is 0 Å². The van der Waals surface area contributed by atoms with E-state index in [4.69, 9.17) is 0 Å². The Hall–Kier alpha value is -1.88. The van der Waals surface area contributed by atoms with E-state index in [1.165, 1.54) is 12.1 Å². The third kappa shape index (κ3) is 4.79. The van der Waals surface area contributed by atoms with Crippen molar-refractivity contribution in [3.05, 3.63) is 63.9 Å². The highest BCUT2D eigenvalue weighted by molar-refractivity contribution is 9.10. The summed E-state index contributed by atoms with van der Waals surface area (Å²) in [6.07, 6.45) is 0. The van der Waals surface area contributed by atoms with Gasteiger partial charge in [-0.2, -0.15) is 0 Å². The number of hydrogen-bond acceptors (Lipinski definition) is 1. The SMILES string of the molecule is Cc1cc(NC(=O)NCC(C)(C)c2ccc(F)cc2)ccc1Br. The van der Waals surface area contributed by atoms with E-state index in [1.807, 2.05) is 39.0 Å². The molecule has 23 heavy (non-hydrogen) atoms. The van der Waals surface area contributed by atoms with E-state index >= 15 is 0 Å². The first-order chi connectivity index (χ1) is 10.8. The van der Waals surface area contributed by atoms with Gasteiger partial charge in [0.15, 0.2) is 0 Å². The zero-order valence-electron chi connectivity index (χ0n) is 13.4. The van der Waals surface area contributed by atoms with E-state index in [9.17, 15) is 9.18 Å². The molecule has 2 rings (SSSR count). The first-order valence-corrected chi connectivity index (χ1v) is 8.14. The summed E-state index contributed by atoms with van der Waals surface area (Å²) >= 11 is 3.43. The maximum absolute atomic E-state index is 13.0. The minimum atomic E-state index is -0.291. The largest absolute Gasteiger partial charge is 0.337 e. The van der Waals surface area contributed by atoms with E-state index in [-0.39, 0.29) is 17.3 Å². The van der Waals surface area contributed by atoms with Gasteiger partial charge in [0, 0.05) is 22.1 Å². The van der Waals surface area contributed by atoms with Crippen LogP contribution in [0.15, 0.2) is 46.9 Å². The average molecular weight is 379 g/mol. The summed E-state index contributed by atoms with van der Waals surface area (Å²) in [5, 5.41) is 5.68. The van der Waals surface area contributed by atoms with Crippen LogP contribution >= 0.6 is 15.9 Å². The topological polar surface area (TPSA) is 41.1 Å². The van der Waals surface area contributed by atoms with Crippen LogP contribution in [0.4, 0.5) is 14.9 Å². The number of urea groups is 1. The summed E-state index contributed by atoms with van der Waals surface area (Å²) in [5.74, 6) is -0.263. The lowest BCUT2D eigenvalue weighted by Gasteiger charge is -2.25. The number of halogens is 2. The summed E-state index contributed by atoms with van der Waals surface area (Å²) in [4.78, 5) is 12.0. The normalized spacial score (nSPS) is 11.2. The Morgan fingerprint density at radius 3 is 2.43 bits per heavy atom. The van der Waals surface area contributed by atoms with E-state index in [2.05, 4.69) is 26.6 Å². The Morgan fingerprint density at radius 1 is 1.17 bits per heavy atom. The maximum atomic E-state index is 13.0. The molecule has 0 bridgehead atoms. The van der Waals surface area contributed by atoms with Crippen LogP contribution in [-0.4, -0.2) is 12.6 Å². The molecule has 0 fully saturated rings. The summed E-state index contributed by atoms with van der Waals surface area (Å²) in [7, 11) is 0. The van der Waals surface area contributed by atoms with Gasteiger partial charge in [0.1, 0.15) is 5.82 Å². The molecule has 2 N–H and O–H groups in total. The first-order valence-electron chi connectivity index (χ1n) is 7.35. The van der Waals surface area contributed by atoms with E-state index in [0.717, 1.165) is 21.3 Å². The molecule has 5 heteroatoms. The van der Waals surface area contributed by atoms with Gasteiger partial charge in [0.25, 0.3) is 0 Å². The van der Waals surface area contributed by atoms with E-state index in [1.54, 1.807) is 12.1 Å². The van der Waals surface area contributed by atoms with Gasteiger partial charge in [-0.15, -0.1) is 0 Å². The highest BCUT2D eigenvalue weighted by Gasteiger charge is 2.21. The molecule has 0 aliphatic rings. The molecule has 0 heterocycles. The molecule has 0 aromatic heterocycles. The number of rotatable bonds is 4. The van der Waals surface area contributed by atoms with E-state index in [0.29, 0.717) is 6.54 Å². The molecule has 0 spiro atoms. The predicted octanol–water partition coefficient (Wildman–Crippen LogP) is 5.00. The molecule has 2 aromatic rings. The van der Waals surface area contributed by atoms with Crippen molar-refractivity contribution in [2.24, 2.45) is 0 Å². The van der Waals surface area contributed by atoms with Gasteiger partial charge in [-0.1, -0.05) is 41.9 Å². The van der Waals surface area contributed by atoms with Crippen molar-refractivity contribution in [2.75, 3.05) is 11.9 Å². The van der Waals surface area contributed by atoms with Gasteiger partial charge in [0.05, 0.1) is 0 Å². The van der Waals surface area contributed by atoms with Gasteiger partial charge in [-0.05, 0) is 48.4 Å². The number of anilines is 1. The first kappa shape index (κ1) is 17.5. The number of aryl methyl sites for hydroxylation is 1. The second-order valence-electron chi connectivity index (χ2n) is 6.16. The van der Waals surface area contributed by atoms with Crippen molar-refractivity contribution in [3.8, 4) is 0 Å². The number of amides is 2. The maximum Gasteiger partial charge on any atom is 0.319 e. The Morgan fingerprint density at radius 2 is 1.83 bits per heavy atom. The minimum absolute atomic E-state index is 0.262. The van der Waals surface area contributed by atoms with Crippen LogP contribution in [0.25, 0.3) is 0 Å². The molecule has 2 amide bonds. The number of nitrogens with one attached hydrogen (secondary N) is 2. The van der Waals surface area contributed by atoms with Crippen molar-refractivity contribution in [1.29, 1.82) is 0 Å². The lowest BCUT2D eigenvalue weighted by molar-refractivity contribution is 0.249. The lowest BCUT2D eigenvalue weighted by Crippen LogP contribution is -2.39. The van der Waals surface area contributed by atoms with Crippen LogP contribution in [0, 0.1) is 12.7 Å². The van der Waals surface area contributed by atoms with Gasteiger partial charge in [0.2, 0.25) is 0 Å². The molecule has 0 aliphatic carbocycles. The minimum Gasteiger partial charge on any atom is -0.337 e. The summed E-state index contributed by atoms with van der Waals surface area (Å²) < 4.78 is 14.0. The highest BCUT2D eigenvalue weighted by atomic mass is 79.9. The van der Waals surface area contributed by atoms with Crippen LogP contribution in [0.3, 0.4) is 0 Å². The predicted molar refractivity (Wildman–Crippen MR) is 95.3 cm³/mol. The Bertz CT molecular complexity index is 699. The molecule has 0 aliphatic heterocycles. The highest BCUT2D eigenvalue weighted by Crippen LogP contribution is 2.23. The molecule has 2 aromatic carbocycles. The van der Waals surface area contributed by atoms with Gasteiger partial charge in [-0.25, -0.2) is 9.18 Å². The molecular formula is C18H20BrFN2O. The van der Waals surface area contributed by atoms with Gasteiger partial charge < -0.3 is 10.6 Å². The molecule has 122 valence electrons. The van der Waals surface area contributed by atoms with E-state index < -0.39 is 0 Å². The lowest BCUT2D eigenvalue weighted by atomic mass is 9.84. The smallest absolute Gasteiger partial charge is 0.319 e. The number of carbonyl (C=O) groups is 1. The Labute approximate surface area is 144 Å². The molecule has 0 radical (unpaired) electrons. The van der Waals surface area contributed by atoms with Crippen molar-refractivity contribution in [1.82, 2.24) is 5.32 Å². The Balaban J connectivity index is 1.95. The van der Waals surface area contributed by atoms with Crippen molar-refractivity contribution in [3.63, 3.8) is 0 Å². The van der Waals surface area contributed by atoms with Crippen molar-refractivity contribution < 1.29 is 9.18 Å². The van der Waals surface area contributed by atoms with Crippen molar-refractivity contribution in [2.45, 2.75) is 26.2 Å². The third-order valence-corrected chi connectivity index (χ3v) is 4.62. The van der Waals surface area contributed by atoms with Crippen LogP contribution in [0.1, 0.15) is 25.0 Å². The molecule has 0 atom stereocenters. The monoisotopic (exact) mass is 378 g/mol. The van der Waals surface area contributed by atoms with Crippen LogP contribution in [0.2, 0.25) is 0 Å². The summed E-state index contributed by atoms with van der Waals surface area (Å²) in [5.41, 5.74) is 2.47. The molecule has 0 saturated heterocycles. The fraction of sp³-hybridized carbons (Fsp3) is 0.278. The molecular weight excluding hydrogens is 359 g/mol. The summed E-state index contributed by atoms with van der Waals surface area (Å²) in [6, 6.07) is 11.7. The van der Waals surface area contributed by atoms with Crippen molar-refractivity contribution >= 4 is 27.6 Å². The second-order valence-corrected chi connectivity index (χ2v) is 7.02. The fourth-order valence-corrected chi connectivity index (χ4v) is 2.45. The molecule has 0 unspecified atom stereocenters. The van der Waals surface area contributed by atoms with Crippen LogP contribution in [0.5, 0.6) is 0 Å². The number of hydrogen-bond donors (Lipinski definition) is 2. The fourth-order valence-electron chi connectivity index (χ4n) is 2.20. The molecule has 3 nitrogen and oxygen atoms in total. The quantitative estimate of drug-likeness (QED) is 0.772. The van der Waals surface area contributed by atoms with Crippen LogP contribution < -0.4 is 10.6 Å². The average Bonchev–Trinajstić information content (AvgIpc) is 2.50. The molecule has 0 saturated carbocycles. The van der Waals surface area contributed by atoms with Crippen LogP contribution in [-0.2, 0) is 5.41 Å². The zero-order valence-corrected chi connectivity index (χ0v) is 15.0. The third-order valence-electron chi connectivity index (χ3n) is 3.73. The number of carbonyl (C=O) groups excluding carboxylic acids is 1. The van der Waals surface area contributed by atoms with Gasteiger partial charge >= 0.3 is 6.03 Å². The number of benzene rings is 2. The Kier molecular flexibility index (Phi) is 5.42. The second kappa shape index (κ2) is 7.13.